The topological polar surface area (TPSA) is 45.8 Å². The zero-order chi connectivity index (χ0) is 11.4. The van der Waals surface area contributed by atoms with Crippen LogP contribution in [0.4, 0.5) is 0 Å². The number of nitrogens with one attached hydrogen (secondary N) is 1. The lowest BCUT2D eigenvalue weighted by Gasteiger charge is -2.01. The van der Waals surface area contributed by atoms with Crippen LogP contribution in [-0.2, 0) is 12.8 Å². The average molecular weight is 214 g/mol. The van der Waals surface area contributed by atoms with E-state index in [1.54, 1.807) is 6.33 Å². The van der Waals surface area contributed by atoms with Gasteiger partial charge in [-0.3, -0.25) is 4.79 Å². The fourth-order valence-corrected chi connectivity index (χ4v) is 1.77. The minimum atomic E-state index is 0.521. The second-order valence-electron chi connectivity index (χ2n) is 3.87. The SMILES string of the molecule is Cc1cccc(CCc2[nH]cnc2C=O)c1. The summed E-state index contributed by atoms with van der Waals surface area (Å²) in [5, 5.41) is 0. The second kappa shape index (κ2) is 4.75. The van der Waals surface area contributed by atoms with E-state index in [4.69, 9.17) is 0 Å². The fraction of sp³-hybridized carbons (Fsp3) is 0.231. The Bertz CT molecular complexity index is 488. The van der Waals surface area contributed by atoms with Crippen LogP contribution >= 0.6 is 0 Å². The molecule has 3 nitrogen and oxygen atoms in total. The Morgan fingerprint density at radius 3 is 3.00 bits per heavy atom. The average Bonchev–Trinajstić information content (AvgIpc) is 2.74. The van der Waals surface area contributed by atoms with Crippen LogP contribution in [0.5, 0.6) is 0 Å². The van der Waals surface area contributed by atoms with Gasteiger partial charge in [0.1, 0.15) is 5.69 Å². The quantitative estimate of drug-likeness (QED) is 0.794. The molecule has 1 aromatic heterocycles. The number of H-pyrrole nitrogens is 1. The van der Waals surface area contributed by atoms with Gasteiger partial charge in [-0.25, -0.2) is 4.98 Å². The number of aromatic nitrogens is 2. The van der Waals surface area contributed by atoms with Gasteiger partial charge in [-0.1, -0.05) is 29.8 Å². The molecule has 16 heavy (non-hydrogen) atoms. The Morgan fingerprint density at radius 1 is 1.38 bits per heavy atom. The number of benzene rings is 1. The molecule has 0 aliphatic carbocycles. The summed E-state index contributed by atoms with van der Waals surface area (Å²) in [4.78, 5) is 17.6. The van der Waals surface area contributed by atoms with Crippen molar-refractivity contribution in [1.82, 2.24) is 9.97 Å². The van der Waals surface area contributed by atoms with E-state index in [0.717, 1.165) is 24.8 Å². The number of aryl methyl sites for hydroxylation is 3. The molecule has 1 aromatic carbocycles. The summed E-state index contributed by atoms with van der Waals surface area (Å²) in [5.41, 5.74) is 3.98. The molecule has 82 valence electrons. The van der Waals surface area contributed by atoms with Gasteiger partial charge in [0.2, 0.25) is 0 Å². The minimum Gasteiger partial charge on any atom is -0.348 e. The first-order chi connectivity index (χ1) is 7.79. The second-order valence-corrected chi connectivity index (χ2v) is 3.87. The first-order valence-corrected chi connectivity index (χ1v) is 5.32. The van der Waals surface area contributed by atoms with Crippen LogP contribution in [0.1, 0.15) is 27.3 Å². The summed E-state index contributed by atoms with van der Waals surface area (Å²) < 4.78 is 0. The van der Waals surface area contributed by atoms with E-state index >= 15 is 0 Å². The van der Waals surface area contributed by atoms with E-state index in [2.05, 4.69) is 41.2 Å². The number of hydrogen-bond acceptors (Lipinski definition) is 2. The monoisotopic (exact) mass is 214 g/mol. The van der Waals surface area contributed by atoms with Crippen molar-refractivity contribution in [2.45, 2.75) is 19.8 Å². The molecule has 0 saturated heterocycles. The molecule has 0 saturated carbocycles. The number of hydrogen-bond donors (Lipinski definition) is 1. The lowest BCUT2D eigenvalue weighted by Crippen LogP contribution is -1.96. The van der Waals surface area contributed by atoms with Crippen molar-refractivity contribution in [2.24, 2.45) is 0 Å². The van der Waals surface area contributed by atoms with Gasteiger partial charge < -0.3 is 4.98 Å². The lowest BCUT2D eigenvalue weighted by molar-refractivity contribution is 0.111. The summed E-state index contributed by atoms with van der Waals surface area (Å²) in [6.45, 7) is 2.08. The number of carbonyl (C=O) groups is 1. The first kappa shape index (κ1) is 10.6. The predicted molar refractivity (Wildman–Crippen MR) is 62.6 cm³/mol. The van der Waals surface area contributed by atoms with Crippen molar-refractivity contribution < 1.29 is 4.79 Å². The van der Waals surface area contributed by atoms with Crippen LogP contribution in [0.2, 0.25) is 0 Å². The van der Waals surface area contributed by atoms with Crippen LogP contribution in [-0.4, -0.2) is 16.3 Å². The van der Waals surface area contributed by atoms with Crippen LogP contribution in [0.3, 0.4) is 0 Å². The van der Waals surface area contributed by atoms with Gasteiger partial charge >= 0.3 is 0 Å². The maximum atomic E-state index is 10.7. The zero-order valence-electron chi connectivity index (χ0n) is 9.23. The summed E-state index contributed by atoms with van der Waals surface area (Å²) in [7, 11) is 0. The lowest BCUT2D eigenvalue weighted by atomic mass is 10.1. The normalized spacial score (nSPS) is 10.3. The smallest absolute Gasteiger partial charge is 0.170 e. The standard InChI is InChI=1S/C13H14N2O/c1-10-3-2-4-11(7-10)5-6-12-13(8-16)15-9-14-12/h2-4,7-9H,5-6H2,1H3,(H,14,15). The molecule has 0 radical (unpaired) electrons. The van der Waals surface area contributed by atoms with Crippen molar-refractivity contribution in [3.8, 4) is 0 Å². The number of nitrogens with zero attached hydrogens (tertiary/aromatic N) is 1. The van der Waals surface area contributed by atoms with Gasteiger partial charge in [0.15, 0.2) is 6.29 Å². The number of rotatable bonds is 4. The van der Waals surface area contributed by atoms with Crippen molar-refractivity contribution >= 4 is 6.29 Å². The molecule has 2 rings (SSSR count). The molecule has 0 unspecified atom stereocenters. The number of aldehydes is 1. The van der Waals surface area contributed by atoms with E-state index in [1.807, 2.05) is 0 Å². The predicted octanol–water partition coefficient (Wildman–Crippen LogP) is 2.32. The zero-order valence-corrected chi connectivity index (χ0v) is 9.23. The third-order valence-electron chi connectivity index (χ3n) is 2.61. The maximum absolute atomic E-state index is 10.7. The van der Waals surface area contributed by atoms with Gasteiger partial charge in [-0.2, -0.15) is 0 Å². The van der Waals surface area contributed by atoms with E-state index in [9.17, 15) is 4.79 Å². The summed E-state index contributed by atoms with van der Waals surface area (Å²) >= 11 is 0. The maximum Gasteiger partial charge on any atom is 0.170 e. The third kappa shape index (κ3) is 2.37. The molecular formula is C13H14N2O. The molecule has 0 aliphatic rings. The van der Waals surface area contributed by atoms with Gasteiger partial charge in [0.05, 0.1) is 6.33 Å². The van der Waals surface area contributed by atoms with Crippen molar-refractivity contribution in [2.75, 3.05) is 0 Å². The fourth-order valence-electron chi connectivity index (χ4n) is 1.77. The molecule has 3 heteroatoms. The molecule has 0 amide bonds. The van der Waals surface area contributed by atoms with E-state index in [1.165, 1.54) is 11.1 Å². The van der Waals surface area contributed by atoms with Crippen LogP contribution in [0, 0.1) is 6.92 Å². The van der Waals surface area contributed by atoms with Crippen molar-refractivity contribution in [1.29, 1.82) is 0 Å². The molecular weight excluding hydrogens is 200 g/mol. The van der Waals surface area contributed by atoms with Crippen molar-refractivity contribution in [3.63, 3.8) is 0 Å². The molecule has 0 bridgehead atoms. The molecule has 0 spiro atoms. The highest BCUT2D eigenvalue weighted by Gasteiger charge is 2.04. The number of aromatic amines is 1. The minimum absolute atomic E-state index is 0.521. The molecule has 0 fully saturated rings. The highest BCUT2D eigenvalue weighted by atomic mass is 16.1. The van der Waals surface area contributed by atoms with Crippen LogP contribution in [0.25, 0.3) is 0 Å². The van der Waals surface area contributed by atoms with E-state index in [-0.39, 0.29) is 0 Å². The molecule has 1 N–H and O–H groups in total. The Hall–Kier alpha value is -1.90. The van der Waals surface area contributed by atoms with Gasteiger partial charge in [0, 0.05) is 5.69 Å². The van der Waals surface area contributed by atoms with Crippen LogP contribution in [0.15, 0.2) is 30.6 Å². The summed E-state index contributed by atoms with van der Waals surface area (Å²) in [6, 6.07) is 8.40. The summed E-state index contributed by atoms with van der Waals surface area (Å²) in [6.07, 6.45) is 4.10. The Balaban J connectivity index is 2.05. The molecule has 1 heterocycles. The highest BCUT2D eigenvalue weighted by Crippen LogP contribution is 2.09. The van der Waals surface area contributed by atoms with E-state index in [0.29, 0.717) is 5.69 Å². The summed E-state index contributed by atoms with van der Waals surface area (Å²) in [5.74, 6) is 0. The van der Waals surface area contributed by atoms with E-state index < -0.39 is 0 Å². The van der Waals surface area contributed by atoms with Gasteiger partial charge in [-0.05, 0) is 25.3 Å². The largest absolute Gasteiger partial charge is 0.348 e. The Labute approximate surface area is 94.5 Å². The highest BCUT2D eigenvalue weighted by molar-refractivity contribution is 5.73. The van der Waals surface area contributed by atoms with Gasteiger partial charge in [-0.15, -0.1) is 0 Å². The first-order valence-electron chi connectivity index (χ1n) is 5.32. The molecule has 0 atom stereocenters. The van der Waals surface area contributed by atoms with Crippen molar-refractivity contribution in [3.05, 3.63) is 53.1 Å². The van der Waals surface area contributed by atoms with Gasteiger partial charge in [0.25, 0.3) is 0 Å². The number of imidazole rings is 1. The molecule has 2 aromatic rings. The Kier molecular flexibility index (Phi) is 3.15. The number of carbonyl (C=O) groups excluding carboxylic acids is 1. The Morgan fingerprint density at radius 2 is 2.25 bits per heavy atom. The molecule has 0 aliphatic heterocycles. The van der Waals surface area contributed by atoms with Crippen LogP contribution < -0.4 is 0 Å². The third-order valence-corrected chi connectivity index (χ3v) is 2.61.